The van der Waals surface area contributed by atoms with Crippen molar-refractivity contribution in [3.8, 4) is 10.4 Å². The quantitative estimate of drug-likeness (QED) is 0.717. The maximum Gasteiger partial charge on any atom is 0.163 e. The Hall–Kier alpha value is -1.12. The standard InChI is InChI=1S/C12H8ClOS/c1-8(14)9-2-4-10(5-3-9)11-6-7-12(13)15-11/h2-7H,1H2. The minimum absolute atomic E-state index is 0.161. The van der Waals surface area contributed by atoms with E-state index in [1.54, 1.807) is 12.1 Å². The van der Waals surface area contributed by atoms with Crippen molar-refractivity contribution in [2.45, 2.75) is 0 Å². The predicted octanol–water partition coefficient (Wildman–Crippen LogP) is 4.09. The van der Waals surface area contributed by atoms with Gasteiger partial charge in [-0.05, 0) is 17.7 Å². The lowest BCUT2D eigenvalue weighted by Crippen LogP contribution is -1.90. The van der Waals surface area contributed by atoms with Crippen LogP contribution in [0.4, 0.5) is 0 Å². The number of carbonyl (C=O) groups excluding carboxylic acids is 1. The van der Waals surface area contributed by atoms with Crippen molar-refractivity contribution >= 4 is 28.7 Å². The van der Waals surface area contributed by atoms with Crippen LogP contribution >= 0.6 is 22.9 Å². The first kappa shape index (κ1) is 10.4. The highest BCUT2D eigenvalue weighted by Crippen LogP contribution is 2.30. The van der Waals surface area contributed by atoms with Gasteiger partial charge in [0.25, 0.3) is 0 Å². The van der Waals surface area contributed by atoms with Gasteiger partial charge in [0.2, 0.25) is 0 Å². The van der Waals surface area contributed by atoms with E-state index < -0.39 is 0 Å². The summed E-state index contributed by atoms with van der Waals surface area (Å²) in [7, 11) is 0. The molecule has 0 aliphatic heterocycles. The van der Waals surface area contributed by atoms with E-state index in [0.29, 0.717) is 5.56 Å². The Labute approximate surface area is 97.3 Å². The fourth-order valence-electron chi connectivity index (χ4n) is 1.29. The molecule has 0 saturated carbocycles. The van der Waals surface area contributed by atoms with Gasteiger partial charge in [-0.3, -0.25) is 4.79 Å². The SMILES string of the molecule is [CH2]C(=O)c1ccc(-c2ccc(Cl)s2)cc1. The second-order valence-electron chi connectivity index (χ2n) is 3.10. The van der Waals surface area contributed by atoms with Crippen LogP contribution in [-0.2, 0) is 0 Å². The normalized spacial score (nSPS) is 10.3. The minimum Gasteiger partial charge on any atom is -0.294 e. The smallest absolute Gasteiger partial charge is 0.163 e. The van der Waals surface area contributed by atoms with Gasteiger partial charge in [0.1, 0.15) is 0 Å². The van der Waals surface area contributed by atoms with Gasteiger partial charge < -0.3 is 0 Å². The summed E-state index contributed by atoms with van der Waals surface area (Å²) in [5.74, 6) is -0.161. The van der Waals surface area contributed by atoms with Crippen LogP contribution in [-0.4, -0.2) is 5.78 Å². The minimum atomic E-state index is -0.161. The molecule has 1 aromatic heterocycles. The molecular weight excluding hydrogens is 228 g/mol. The van der Waals surface area contributed by atoms with Crippen LogP contribution in [0.2, 0.25) is 4.34 Å². The molecule has 0 bridgehead atoms. The van der Waals surface area contributed by atoms with Crippen molar-refractivity contribution in [3.63, 3.8) is 0 Å². The number of rotatable bonds is 2. The molecular formula is C12H8ClOS. The molecule has 0 amide bonds. The average molecular weight is 236 g/mol. The first-order valence-electron chi connectivity index (χ1n) is 4.39. The lowest BCUT2D eigenvalue weighted by atomic mass is 10.1. The molecule has 0 unspecified atom stereocenters. The summed E-state index contributed by atoms with van der Waals surface area (Å²) in [5, 5.41) is 0. The molecule has 1 aromatic carbocycles. The zero-order valence-corrected chi connectivity index (χ0v) is 9.44. The zero-order valence-electron chi connectivity index (χ0n) is 7.87. The van der Waals surface area contributed by atoms with E-state index in [1.807, 2.05) is 24.3 Å². The zero-order chi connectivity index (χ0) is 10.8. The van der Waals surface area contributed by atoms with Gasteiger partial charge in [0.05, 0.1) is 4.34 Å². The Morgan fingerprint density at radius 3 is 2.27 bits per heavy atom. The molecule has 0 spiro atoms. The van der Waals surface area contributed by atoms with Crippen LogP contribution in [0, 0.1) is 6.92 Å². The van der Waals surface area contributed by atoms with E-state index in [1.165, 1.54) is 11.3 Å². The van der Waals surface area contributed by atoms with Crippen molar-refractivity contribution in [2.75, 3.05) is 0 Å². The lowest BCUT2D eigenvalue weighted by Gasteiger charge is -1.98. The number of hydrogen-bond acceptors (Lipinski definition) is 2. The topological polar surface area (TPSA) is 17.1 Å². The number of halogens is 1. The first-order valence-corrected chi connectivity index (χ1v) is 5.58. The highest BCUT2D eigenvalue weighted by molar-refractivity contribution is 7.19. The highest BCUT2D eigenvalue weighted by atomic mass is 35.5. The van der Waals surface area contributed by atoms with Gasteiger partial charge in [0.15, 0.2) is 5.78 Å². The third-order valence-corrected chi connectivity index (χ3v) is 3.34. The van der Waals surface area contributed by atoms with Crippen molar-refractivity contribution in [3.05, 3.63) is 53.2 Å². The Morgan fingerprint density at radius 2 is 1.80 bits per heavy atom. The van der Waals surface area contributed by atoms with E-state index in [0.717, 1.165) is 14.8 Å². The molecule has 0 atom stereocenters. The van der Waals surface area contributed by atoms with Gasteiger partial charge in [-0.2, -0.15) is 0 Å². The third kappa shape index (κ3) is 2.28. The van der Waals surface area contributed by atoms with Gasteiger partial charge in [-0.1, -0.05) is 35.9 Å². The van der Waals surface area contributed by atoms with Crippen LogP contribution in [0.3, 0.4) is 0 Å². The Morgan fingerprint density at radius 1 is 1.13 bits per heavy atom. The first-order chi connectivity index (χ1) is 7.16. The van der Waals surface area contributed by atoms with Crippen LogP contribution in [0.15, 0.2) is 36.4 Å². The number of hydrogen-bond donors (Lipinski definition) is 0. The monoisotopic (exact) mass is 235 g/mol. The summed E-state index contributed by atoms with van der Waals surface area (Å²) in [6.45, 7) is 3.36. The number of benzene rings is 1. The van der Waals surface area contributed by atoms with Crippen molar-refractivity contribution in [1.82, 2.24) is 0 Å². The Balaban J connectivity index is 2.35. The van der Waals surface area contributed by atoms with Crippen LogP contribution in [0.1, 0.15) is 10.4 Å². The lowest BCUT2D eigenvalue weighted by molar-refractivity contribution is 0.104. The number of carbonyl (C=O) groups is 1. The van der Waals surface area contributed by atoms with Crippen molar-refractivity contribution in [2.24, 2.45) is 0 Å². The fraction of sp³-hybridized carbons (Fsp3) is 0. The molecule has 2 aromatic rings. The number of thiophene rings is 1. The van der Waals surface area contributed by atoms with Crippen molar-refractivity contribution < 1.29 is 4.79 Å². The average Bonchev–Trinajstić information content (AvgIpc) is 2.65. The summed E-state index contributed by atoms with van der Waals surface area (Å²) in [6.07, 6.45) is 0. The summed E-state index contributed by atoms with van der Waals surface area (Å²) in [6, 6.07) is 11.2. The summed E-state index contributed by atoms with van der Waals surface area (Å²) in [5.41, 5.74) is 1.69. The number of Topliss-reactive ketones (excluding diaryl/α,β-unsaturated/α-hetero) is 1. The second-order valence-corrected chi connectivity index (χ2v) is 4.82. The van der Waals surface area contributed by atoms with Gasteiger partial charge in [-0.25, -0.2) is 0 Å². The maximum atomic E-state index is 11.0. The van der Waals surface area contributed by atoms with Crippen molar-refractivity contribution in [1.29, 1.82) is 0 Å². The molecule has 1 nitrogen and oxygen atoms in total. The molecule has 1 heterocycles. The predicted molar refractivity (Wildman–Crippen MR) is 64.5 cm³/mol. The summed E-state index contributed by atoms with van der Waals surface area (Å²) in [4.78, 5) is 12.1. The fourth-order valence-corrected chi connectivity index (χ4v) is 2.34. The maximum absolute atomic E-state index is 11.0. The van der Waals surface area contributed by atoms with E-state index in [9.17, 15) is 4.79 Å². The molecule has 0 aliphatic carbocycles. The highest BCUT2D eigenvalue weighted by Gasteiger charge is 2.03. The second kappa shape index (κ2) is 4.17. The summed E-state index contributed by atoms with van der Waals surface area (Å²) < 4.78 is 0.766. The molecule has 3 heteroatoms. The third-order valence-electron chi connectivity index (χ3n) is 2.06. The van der Waals surface area contributed by atoms with E-state index in [4.69, 9.17) is 11.6 Å². The molecule has 0 saturated heterocycles. The Bertz CT molecular complexity index is 485. The number of ketones is 1. The van der Waals surface area contributed by atoms with Crippen LogP contribution in [0.5, 0.6) is 0 Å². The summed E-state index contributed by atoms with van der Waals surface area (Å²) >= 11 is 7.37. The largest absolute Gasteiger partial charge is 0.294 e. The van der Waals surface area contributed by atoms with Gasteiger partial charge in [-0.15, -0.1) is 11.3 Å². The molecule has 2 rings (SSSR count). The van der Waals surface area contributed by atoms with Crippen LogP contribution < -0.4 is 0 Å². The van der Waals surface area contributed by atoms with E-state index in [2.05, 4.69) is 6.92 Å². The van der Waals surface area contributed by atoms with Crippen LogP contribution in [0.25, 0.3) is 10.4 Å². The molecule has 0 aliphatic rings. The molecule has 0 fully saturated rings. The van der Waals surface area contributed by atoms with Gasteiger partial charge >= 0.3 is 0 Å². The molecule has 1 radical (unpaired) electrons. The molecule has 0 N–H and O–H groups in total. The van der Waals surface area contributed by atoms with Gasteiger partial charge in [0, 0.05) is 17.4 Å². The van der Waals surface area contributed by atoms with E-state index >= 15 is 0 Å². The van der Waals surface area contributed by atoms with E-state index in [-0.39, 0.29) is 5.78 Å². The Kier molecular flexibility index (Phi) is 2.89. The molecule has 75 valence electrons. The molecule has 15 heavy (non-hydrogen) atoms.